The fourth-order valence-electron chi connectivity index (χ4n) is 2.99. The molecule has 2 aromatic rings. The van der Waals surface area contributed by atoms with Crippen molar-refractivity contribution in [3.8, 4) is 5.75 Å². The van der Waals surface area contributed by atoms with Crippen molar-refractivity contribution in [2.24, 2.45) is 5.10 Å². The van der Waals surface area contributed by atoms with Crippen molar-refractivity contribution < 1.29 is 19.1 Å². The highest BCUT2D eigenvalue weighted by Gasteiger charge is 2.33. The van der Waals surface area contributed by atoms with E-state index in [1.807, 2.05) is 48.5 Å². The average molecular weight is 477 g/mol. The number of ether oxygens (including phenoxy) is 2. The highest BCUT2D eigenvalue weighted by Crippen LogP contribution is 2.34. The number of hydrazone groups is 1. The Bertz CT molecular complexity index is 900. The van der Waals surface area contributed by atoms with Gasteiger partial charge >= 0.3 is 5.97 Å². The minimum atomic E-state index is -0.352. The van der Waals surface area contributed by atoms with Gasteiger partial charge in [0.1, 0.15) is 5.75 Å². The van der Waals surface area contributed by atoms with E-state index in [0.717, 1.165) is 27.1 Å². The normalized spacial score (nSPS) is 15.8. The number of amides is 1. The molecule has 0 saturated heterocycles. The lowest BCUT2D eigenvalue weighted by atomic mass is 9.98. The van der Waals surface area contributed by atoms with Gasteiger partial charge in [-0.3, -0.25) is 9.59 Å². The summed E-state index contributed by atoms with van der Waals surface area (Å²) in [5.74, 6) is 0.542. The van der Waals surface area contributed by atoms with Crippen LogP contribution in [-0.2, 0) is 14.3 Å². The van der Waals surface area contributed by atoms with Gasteiger partial charge in [-0.1, -0.05) is 40.2 Å². The predicted molar refractivity (Wildman–Crippen MR) is 117 cm³/mol. The molecule has 0 bridgehead atoms. The number of esters is 1. The fourth-order valence-corrected chi connectivity index (χ4v) is 3.95. The molecule has 2 aromatic carbocycles. The summed E-state index contributed by atoms with van der Waals surface area (Å²) in [4.78, 5) is 24.2. The first-order valence-electron chi connectivity index (χ1n) is 8.96. The Labute approximate surface area is 182 Å². The van der Waals surface area contributed by atoms with Crippen molar-refractivity contribution in [2.45, 2.75) is 12.5 Å². The number of methoxy groups -OCH3 is 2. The first-order chi connectivity index (χ1) is 14.0. The van der Waals surface area contributed by atoms with E-state index in [-0.39, 0.29) is 29.4 Å². The molecule has 3 rings (SSSR count). The Morgan fingerprint density at radius 2 is 1.79 bits per heavy atom. The van der Waals surface area contributed by atoms with E-state index < -0.39 is 0 Å². The maximum atomic E-state index is 12.9. The minimum absolute atomic E-state index is 0.132. The van der Waals surface area contributed by atoms with Gasteiger partial charge in [-0.25, -0.2) is 5.01 Å². The average Bonchev–Trinajstić information content (AvgIpc) is 3.19. The van der Waals surface area contributed by atoms with E-state index in [0.29, 0.717) is 6.42 Å². The van der Waals surface area contributed by atoms with Crippen LogP contribution in [0.1, 0.15) is 23.6 Å². The largest absolute Gasteiger partial charge is 0.497 e. The van der Waals surface area contributed by atoms with Crippen LogP contribution in [0.5, 0.6) is 5.75 Å². The number of halogens is 1. The van der Waals surface area contributed by atoms with E-state index in [2.05, 4.69) is 25.8 Å². The second kappa shape index (κ2) is 9.93. The molecule has 1 aliphatic rings. The Hall–Kier alpha value is -2.32. The maximum Gasteiger partial charge on any atom is 0.315 e. The van der Waals surface area contributed by atoms with Crippen LogP contribution in [0.3, 0.4) is 0 Å². The Morgan fingerprint density at radius 3 is 2.41 bits per heavy atom. The Balaban J connectivity index is 1.82. The third-order valence-corrected chi connectivity index (χ3v) is 5.94. The van der Waals surface area contributed by atoms with Crippen LogP contribution in [0.25, 0.3) is 0 Å². The summed E-state index contributed by atoms with van der Waals surface area (Å²) in [6, 6.07) is 15.3. The number of rotatable bonds is 7. The fraction of sp³-hybridized carbons (Fsp3) is 0.286. The SMILES string of the molecule is COC(=O)CSCC(=O)N1N=C(c2ccc(Br)cc2)C[C@@H]1c1ccc(OC)cc1. The number of hydrogen-bond acceptors (Lipinski definition) is 6. The topological polar surface area (TPSA) is 68.2 Å². The van der Waals surface area contributed by atoms with Gasteiger partial charge in [0.2, 0.25) is 0 Å². The highest BCUT2D eigenvalue weighted by atomic mass is 79.9. The van der Waals surface area contributed by atoms with Crippen LogP contribution in [-0.4, -0.2) is 48.3 Å². The van der Waals surface area contributed by atoms with Gasteiger partial charge in [0.25, 0.3) is 5.91 Å². The summed E-state index contributed by atoms with van der Waals surface area (Å²) in [5.41, 5.74) is 2.81. The zero-order valence-corrected chi connectivity index (χ0v) is 18.5. The monoisotopic (exact) mass is 476 g/mol. The van der Waals surface area contributed by atoms with Crippen molar-refractivity contribution in [3.05, 3.63) is 64.1 Å². The van der Waals surface area contributed by atoms with Crippen LogP contribution >= 0.6 is 27.7 Å². The zero-order valence-electron chi connectivity index (χ0n) is 16.1. The quantitative estimate of drug-likeness (QED) is 0.564. The van der Waals surface area contributed by atoms with Crippen molar-refractivity contribution >= 4 is 45.3 Å². The zero-order chi connectivity index (χ0) is 20.8. The van der Waals surface area contributed by atoms with E-state index in [1.54, 1.807) is 7.11 Å². The first kappa shape index (κ1) is 21.4. The van der Waals surface area contributed by atoms with Gasteiger partial charge in [0.05, 0.1) is 37.5 Å². The lowest BCUT2D eigenvalue weighted by Gasteiger charge is -2.22. The van der Waals surface area contributed by atoms with Gasteiger partial charge < -0.3 is 9.47 Å². The molecule has 0 saturated carbocycles. The molecular formula is C21H21BrN2O4S. The predicted octanol–water partition coefficient (Wildman–Crippen LogP) is 4.04. The number of carbonyl (C=O) groups excluding carboxylic acids is 2. The standard InChI is InChI=1S/C21H21BrN2O4S/c1-27-17-9-5-15(6-10-17)19-11-18(14-3-7-16(22)8-4-14)23-24(19)20(25)12-29-13-21(26)28-2/h3-10,19H,11-13H2,1-2H3/t19-/m1/s1. The lowest BCUT2D eigenvalue weighted by Crippen LogP contribution is -2.29. The molecule has 0 N–H and O–H groups in total. The molecule has 29 heavy (non-hydrogen) atoms. The molecule has 0 aliphatic carbocycles. The minimum Gasteiger partial charge on any atom is -0.497 e. The molecule has 0 unspecified atom stereocenters. The van der Waals surface area contributed by atoms with Gasteiger partial charge in [-0.2, -0.15) is 5.10 Å². The molecule has 8 heteroatoms. The molecule has 1 aliphatic heterocycles. The van der Waals surface area contributed by atoms with E-state index in [1.165, 1.54) is 23.9 Å². The van der Waals surface area contributed by atoms with E-state index >= 15 is 0 Å². The number of hydrogen-bond donors (Lipinski definition) is 0. The molecule has 0 spiro atoms. The van der Waals surface area contributed by atoms with Gasteiger partial charge in [0.15, 0.2) is 0 Å². The van der Waals surface area contributed by atoms with Crippen molar-refractivity contribution in [2.75, 3.05) is 25.7 Å². The number of carbonyl (C=O) groups is 2. The molecule has 0 aromatic heterocycles. The summed E-state index contributed by atoms with van der Waals surface area (Å²) in [7, 11) is 2.95. The number of nitrogens with zero attached hydrogens (tertiary/aromatic N) is 2. The summed E-state index contributed by atoms with van der Waals surface area (Å²) in [5, 5.41) is 6.16. The smallest absolute Gasteiger partial charge is 0.315 e. The number of thioether (sulfide) groups is 1. The molecule has 0 fully saturated rings. The van der Waals surface area contributed by atoms with Gasteiger partial charge in [0, 0.05) is 10.9 Å². The van der Waals surface area contributed by atoms with Crippen LogP contribution < -0.4 is 4.74 Å². The van der Waals surface area contributed by atoms with Gasteiger partial charge in [-0.15, -0.1) is 11.8 Å². The van der Waals surface area contributed by atoms with E-state index in [9.17, 15) is 9.59 Å². The van der Waals surface area contributed by atoms with E-state index in [4.69, 9.17) is 4.74 Å². The highest BCUT2D eigenvalue weighted by molar-refractivity contribution is 9.10. The number of benzene rings is 2. The second-order valence-electron chi connectivity index (χ2n) is 6.35. The Morgan fingerprint density at radius 1 is 1.10 bits per heavy atom. The van der Waals surface area contributed by atoms with Crippen LogP contribution in [0.15, 0.2) is 58.1 Å². The molecule has 1 amide bonds. The summed E-state index contributed by atoms with van der Waals surface area (Å²) < 4.78 is 10.8. The summed E-state index contributed by atoms with van der Waals surface area (Å²) in [6.07, 6.45) is 0.612. The molecule has 152 valence electrons. The third kappa shape index (κ3) is 5.39. The third-order valence-electron chi connectivity index (χ3n) is 4.52. The Kier molecular flexibility index (Phi) is 7.33. The van der Waals surface area contributed by atoms with Gasteiger partial charge in [-0.05, 0) is 35.4 Å². The second-order valence-corrected chi connectivity index (χ2v) is 8.26. The van der Waals surface area contributed by atoms with Crippen molar-refractivity contribution in [3.63, 3.8) is 0 Å². The molecule has 0 radical (unpaired) electrons. The molecule has 1 atom stereocenters. The van der Waals surface area contributed by atoms with Crippen LogP contribution in [0.4, 0.5) is 0 Å². The summed E-state index contributed by atoms with van der Waals surface area (Å²) in [6.45, 7) is 0. The molecule has 6 nitrogen and oxygen atoms in total. The maximum absolute atomic E-state index is 12.9. The lowest BCUT2D eigenvalue weighted by molar-refractivity contribution is -0.137. The van der Waals surface area contributed by atoms with Crippen molar-refractivity contribution in [1.82, 2.24) is 5.01 Å². The van der Waals surface area contributed by atoms with Crippen LogP contribution in [0, 0.1) is 0 Å². The first-order valence-corrected chi connectivity index (χ1v) is 10.9. The molecular weight excluding hydrogens is 456 g/mol. The molecule has 1 heterocycles. The van der Waals surface area contributed by atoms with Crippen LogP contribution in [0.2, 0.25) is 0 Å². The van der Waals surface area contributed by atoms with Crippen molar-refractivity contribution in [1.29, 1.82) is 0 Å². The summed E-state index contributed by atoms with van der Waals surface area (Å²) >= 11 is 4.66.